The number of hydrogen-bond acceptors (Lipinski definition) is 3. The van der Waals surface area contributed by atoms with Crippen molar-refractivity contribution in [1.29, 1.82) is 0 Å². The summed E-state index contributed by atoms with van der Waals surface area (Å²) in [6, 6.07) is 8.48. The quantitative estimate of drug-likeness (QED) is 0.814. The maximum absolute atomic E-state index is 10.5. The molecule has 3 rings (SSSR count). The first-order valence-corrected chi connectivity index (χ1v) is 8.93. The van der Waals surface area contributed by atoms with E-state index in [0.29, 0.717) is 17.9 Å². The molecule has 1 aromatic rings. The van der Waals surface area contributed by atoms with Crippen LogP contribution in [0, 0.1) is 5.92 Å². The summed E-state index contributed by atoms with van der Waals surface area (Å²) in [4.78, 5) is 2.46. The fourth-order valence-electron chi connectivity index (χ4n) is 4.14. The van der Waals surface area contributed by atoms with E-state index in [2.05, 4.69) is 17.0 Å². The van der Waals surface area contributed by atoms with Crippen molar-refractivity contribution in [2.75, 3.05) is 19.6 Å². The van der Waals surface area contributed by atoms with Crippen LogP contribution in [0.4, 0.5) is 0 Å². The molecule has 138 valence electrons. The second kappa shape index (κ2) is 10.2. The Hall–Kier alpha value is -0.0300. The van der Waals surface area contributed by atoms with Crippen molar-refractivity contribution in [3.63, 3.8) is 0 Å². The van der Waals surface area contributed by atoms with Gasteiger partial charge in [-0.05, 0) is 49.4 Å². The van der Waals surface area contributed by atoms with Crippen molar-refractivity contribution in [2.45, 2.75) is 50.2 Å². The Morgan fingerprint density at radius 3 is 2.58 bits per heavy atom. The molecule has 3 N–H and O–H groups in total. The largest absolute Gasteiger partial charge is 0.393 e. The molecule has 1 saturated carbocycles. The molecule has 24 heavy (non-hydrogen) atoms. The number of nitrogens with two attached hydrogens (primary N) is 1. The van der Waals surface area contributed by atoms with Gasteiger partial charge in [0.2, 0.25) is 0 Å². The Labute approximate surface area is 162 Å². The van der Waals surface area contributed by atoms with Crippen LogP contribution in [0.15, 0.2) is 24.3 Å². The van der Waals surface area contributed by atoms with E-state index in [1.54, 1.807) is 0 Å². The first kappa shape index (κ1) is 22.0. The van der Waals surface area contributed by atoms with Crippen LogP contribution in [-0.2, 0) is 0 Å². The third-order valence-electron chi connectivity index (χ3n) is 5.34. The molecule has 0 radical (unpaired) electrons. The average Bonchev–Trinajstić information content (AvgIpc) is 2.91. The molecule has 2 unspecified atom stereocenters. The van der Waals surface area contributed by atoms with Gasteiger partial charge in [-0.3, -0.25) is 0 Å². The molecule has 1 saturated heterocycles. The number of nitrogens with zero attached hydrogens (tertiary/aromatic N) is 1. The number of halogens is 3. The van der Waals surface area contributed by atoms with E-state index >= 15 is 0 Å². The van der Waals surface area contributed by atoms with Crippen LogP contribution in [0.5, 0.6) is 0 Å². The van der Waals surface area contributed by atoms with Crippen molar-refractivity contribution in [3.05, 3.63) is 34.9 Å². The maximum atomic E-state index is 10.5. The molecule has 1 aromatic carbocycles. The molecule has 0 aromatic heterocycles. The van der Waals surface area contributed by atoms with E-state index < -0.39 is 0 Å². The van der Waals surface area contributed by atoms with Crippen LogP contribution in [0.1, 0.15) is 43.6 Å². The summed E-state index contributed by atoms with van der Waals surface area (Å²) in [5.41, 5.74) is 7.32. The summed E-state index contributed by atoms with van der Waals surface area (Å²) in [7, 11) is 0. The van der Waals surface area contributed by atoms with Crippen LogP contribution in [0.2, 0.25) is 5.02 Å². The van der Waals surface area contributed by atoms with Gasteiger partial charge in [-0.15, -0.1) is 24.8 Å². The summed E-state index contributed by atoms with van der Waals surface area (Å²) in [5.74, 6) is 0.684. The predicted octanol–water partition coefficient (Wildman–Crippen LogP) is 3.85. The van der Waals surface area contributed by atoms with Crippen LogP contribution in [0.25, 0.3) is 0 Å². The molecule has 6 heteroatoms. The lowest BCUT2D eigenvalue weighted by Gasteiger charge is -2.36. The van der Waals surface area contributed by atoms with Crippen LogP contribution >= 0.6 is 36.4 Å². The molecule has 4 atom stereocenters. The highest BCUT2D eigenvalue weighted by Crippen LogP contribution is 2.38. The summed E-state index contributed by atoms with van der Waals surface area (Å²) < 4.78 is 0. The molecule has 0 amide bonds. The number of likely N-dealkylation sites (tertiary alicyclic amines) is 1. The van der Waals surface area contributed by atoms with Gasteiger partial charge in [0.1, 0.15) is 0 Å². The predicted molar refractivity (Wildman–Crippen MR) is 106 cm³/mol. The van der Waals surface area contributed by atoms with Crippen molar-refractivity contribution < 1.29 is 5.11 Å². The highest BCUT2D eigenvalue weighted by atomic mass is 35.5. The van der Waals surface area contributed by atoms with E-state index in [9.17, 15) is 5.11 Å². The van der Waals surface area contributed by atoms with Gasteiger partial charge in [0, 0.05) is 30.1 Å². The molecule has 3 nitrogen and oxygen atoms in total. The Morgan fingerprint density at radius 2 is 1.96 bits per heavy atom. The fraction of sp³-hybridized carbons (Fsp3) is 0.667. The van der Waals surface area contributed by atoms with Gasteiger partial charge in [0.15, 0.2) is 0 Å². The first-order valence-electron chi connectivity index (χ1n) is 8.55. The van der Waals surface area contributed by atoms with Gasteiger partial charge in [-0.1, -0.05) is 36.6 Å². The normalized spacial score (nSPS) is 28.7. The number of aliphatic hydroxyl groups is 1. The van der Waals surface area contributed by atoms with Crippen molar-refractivity contribution in [3.8, 4) is 0 Å². The Morgan fingerprint density at radius 1 is 1.21 bits per heavy atom. The second-order valence-corrected chi connectivity index (χ2v) is 7.42. The standard InChI is InChI=1S/C18H27ClN2O.2ClH/c19-14-5-3-4-13(10-14)17(12-21-9-8-15(20)11-21)16-6-1-2-7-18(16)22;;/h3-5,10,15-18,22H,1-2,6-9,11-12,20H2;2*1H/t15-,16?,17-,18?;;/m0../s1. The zero-order chi connectivity index (χ0) is 15.5. The van der Waals surface area contributed by atoms with Gasteiger partial charge in [-0.25, -0.2) is 0 Å². The van der Waals surface area contributed by atoms with Gasteiger partial charge >= 0.3 is 0 Å². The van der Waals surface area contributed by atoms with Gasteiger partial charge in [0.05, 0.1) is 6.10 Å². The van der Waals surface area contributed by atoms with Gasteiger partial charge < -0.3 is 15.7 Å². The fourth-order valence-corrected chi connectivity index (χ4v) is 4.34. The SMILES string of the molecule is Cl.Cl.N[C@H]1CCN(C[C@@H](c2cccc(Cl)c2)C2CCCCC2O)C1. The molecule has 0 bridgehead atoms. The van der Waals surface area contributed by atoms with Crippen molar-refractivity contribution in [2.24, 2.45) is 11.7 Å². The molecule has 2 aliphatic rings. The van der Waals surface area contributed by atoms with Crippen LogP contribution < -0.4 is 5.73 Å². The Bertz CT molecular complexity index is 503. The first-order chi connectivity index (χ1) is 10.6. The highest BCUT2D eigenvalue weighted by Gasteiger charge is 2.34. The lowest BCUT2D eigenvalue weighted by atomic mass is 9.75. The van der Waals surface area contributed by atoms with E-state index in [0.717, 1.165) is 50.3 Å². The third kappa shape index (κ3) is 5.48. The molecule has 2 fully saturated rings. The minimum absolute atomic E-state index is 0. The average molecular weight is 396 g/mol. The molecule has 1 aliphatic carbocycles. The summed E-state index contributed by atoms with van der Waals surface area (Å²) >= 11 is 6.21. The Kier molecular flexibility index (Phi) is 9.35. The topological polar surface area (TPSA) is 49.5 Å². The summed E-state index contributed by atoms with van der Waals surface area (Å²) in [5, 5.41) is 11.3. The minimum atomic E-state index is -0.186. The minimum Gasteiger partial charge on any atom is -0.393 e. The number of aliphatic hydroxyl groups excluding tert-OH is 1. The summed E-state index contributed by atoms with van der Waals surface area (Å²) in [6.07, 6.45) is 5.30. The number of rotatable bonds is 4. The molecular weight excluding hydrogens is 367 g/mol. The number of benzene rings is 1. The molecular formula is C18H29Cl3N2O. The van der Waals surface area contributed by atoms with Crippen molar-refractivity contribution in [1.82, 2.24) is 4.90 Å². The smallest absolute Gasteiger partial charge is 0.0574 e. The van der Waals surface area contributed by atoms with Crippen LogP contribution in [0.3, 0.4) is 0 Å². The second-order valence-electron chi connectivity index (χ2n) is 6.99. The lowest BCUT2D eigenvalue weighted by molar-refractivity contribution is 0.0476. The van der Waals surface area contributed by atoms with E-state index in [1.807, 2.05) is 12.1 Å². The third-order valence-corrected chi connectivity index (χ3v) is 5.57. The van der Waals surface area contributed by atoms with Gasteiger partial charge in [0.25, 0.3) is 0 Å². The van der Waals surface area contributed by atoms with E-state index in [1.165, 1.54) is 12.0 Å². The van der Waals surface area contributed by atoms with Gasteiger partial charge in [-0.2, -0.15) is 0 Å². The Balaban J connectivity index is 0.00000144. The van der Waals surface area contributed by atoms with Crippen LogP contribution in [-0.4, -0.2) is 41.8 Å². The maximum Gasteiger partial charge on any atom is 0.0574 e. The molecule has 0 spiro atoms. The van der Waals surface area contributed by atoms with E-state index in [4.69, 9.17) is 17.3 Å². The summed E-state index contributed by atoms with van der Waals surface area (Å²) in [6.45, 7) is 3.02. The van der Waals surface area contributed by atoms with E-state index in [-0.39, 0.29) is 30.9 Å². The highest BCUT2D eigenvalue weighted by molar-refractivity contribution is 6.30. The zero-order valence-corrected chi connectivity index (χ0v) is 16.3. The monoisotopic (exact) mass is 394 g/mol. The van der Waals surface area contributed by atoms with Crippen molar-refractivity contribution >= 4 is 36.4 Å². The zero-order valence-electron chi connectivity index (χ0n) is 13.9. The molecule has 1 heterocycles. The lowest BCUT2D eigenvalue weighted by Crippen LogP contribution is -2.37. The number of hydrogen-bond donors (Lipinski definition) is 2. The molecule has 1 aliphatic heterocycles.